The van der Waals surface area contributed by atoms with Gasteiger partial charge in [0.25, 0.3) is 0 Å². The zero-order valence-corrected chi connectivity index (χ0v) is 8.75. The van der Waals surface area contributed by atoms with Crippen LogP contribution in [0.4, 0.5) is 0 Å². The molecule has 0 aromatic carbocycles. The minimum absolute atomic E-state index is 0.136. The van der Waals surface area contributed by atoms with E-state index in [0.717, 1.165) is 25.9 Å². The second kappa shape index (κ2) is 5.98. The summed E-state index contributed by atoms with van der Waals surface area (Å²) in [4.78, 5) is 11.2. The Morgan fingerprint density at radius 2 is 2.50 bits per heavy atom. The Bertz CT molecular complexity index is 185. The molecule has 1 aliphatic heterocycles. The van der Waals surface area contributed by atoms with Crippen molar-refractivity contribution in [1.82, 2.24) is 10.6 Å². The third-order valence-electron chi connectivity index (χ3n) is 2.55. The summed E-state index contributed by atoms with van der Waals surface area (Å²) < 4.78 is 0. The highest BCUT2D eigenvalue weighted by molar-refractivity contribution is 5.76. The van der Waals surface area contributed by atoms with E-state index in [-0.39, 0.29) is 24.5 Å². The maximum absolute atomic E-state index is 11.2. The highest BCUT2D eigenvalue weighted by atomic mass is 16.3. The smallest absolute Gasteiger partial charge is 0.221 e. The standard InChI is InChI=1S/C10H20N2O2/c1-8(7-13)6-12-9-3-2-4-11-10(14)5-9/h8-9,12-13H,2-7H2,1H3,(H,11,14). The van der Waals surface area contributed by atoms with Crippen molar-refractivity contribution >= 4 is 5.91 Å². The first-order chi connectivity index (χ1) is 6.72. The van der Waals surface area contributed by atoms with Crippen molar-refractivity contribution in [2.45, 2.75) is 32.2 Å². The van der Waals surface area contributed by atoms with Crippen molar-refractivity contribution in [2.24, 2.45) is 5.92 Å². The topological polar surface area (TPSA) is 61.4 Å². The first kappa shape index (κ1) is 11.5. The van der Waals surface area contributed by atoms with Crippen molar-refractivity contribution in [3.63, 3.8) is 0 Å². The molecule has 2 atom stereocenters. The summed E-state index contributed by atoms with van der Waals surface area (Å²) in [6, 6.07) is 0.284. The number of hydrogen-bond acceptors (Lipinski definition) is 3. The molecule has 1 aliphatic rings. The normalized spacial score (nSPS) is 25.3. The van der Waals surface area contributed by atoms with Gasteiger partial charge in [-0.15, -0.1) is 0 Å². The highest BCUT2D eigenvalue weighted by Crippen LogP contribution is 2.06. The number of carbonyl (C=O) groups excluding carboxylic acids is 1. The molecule has 1 heterocycles. The summed E-state index contributed by atoms with van der Waals surface area (Å²) in [5.74, 6) is 0.401. The van der Waals surface area contributed by atoms with Gasteiger partial charge in [0.15, 0.2) is 0 Å². The molecule has 2 unspecified atom stereocenters. The van der Waals surface area contributed by atoms with Crippen LogP contribution in [0.15, 0.2) is 0 Å². The maximum Gasteiger partial charge on any atom is 0.221 e. The van der Waals surface area contributed by atoms with E-state index in [1.54, 1.807) is 0 Å². The molecule has 0 aromatic rings. The van der Waals surface area contributed by atoms with Crippen LogP contribution in [0.25, 0.3) is 0 Å². The van der Waals surface area contributed by atoms with Crippen molar-refractivity contribution < 1.29 is 9.90 Å². The first-order valence-electron chi connectivity index (χ1n) is 5.33. The van der Waals surface area contributed by atoms with Crippen LogP contribution in [0.5, 0.6) is 0 Å². The molecule has 14 heavy (non-hydrogen) atoms. The van der Waals surface area contributed by atoms with Gasteiger partial charge in [0.2, 0.25) is 5.91 Å². The zero-order valence-electron chi connectivity index (χ0n) is 8.75. The molecule has 0 aromatic heterocycles. The largest absolute Gasteiger partial charge is 0.396 e. The second-order valence-electron chi connectivity index (χ2n) is 4.09. The molecule has 4 nitrogen and oxygen atoms in total. The summed E-state index contributed by atoms with van der Waals surface area (Å²) >= 11 is 0. The molecule has 4 heteroatoms. The quantitative estimate of drug-likeness (QED) is 0.592. The second-order valence-corrected chi connectivity index (χ2v) is 4.09. The van der Waals surface area contributed by atoms with Crippen LogP contribution in [-0.2, 0) is 4.79 Å². The lowest BCUT2D eigenvalue weighted by Gasteiger charge is -2.17. The molecule has 3 N–H and O–H groups in total. The number of rotatable bonds is 4. The minimum Gasteiger partial charge on any atom is -0.396 e. The number of nitrogens with one attached hydrogen (secondary N) is 2. The van der Waals surface area contributed by atoms with Crippen LogP contribution in [0, 0.1) is 5.92 Å². The van der Waals surface area contributed by atoms with Gasteiger partial charge in [-0.1, -0.05) is 6.92 Å². The minimum atomic E-state index is 0.136. The SMILES string of the molecule is CC(CO)CNC1CCCNC(=O)C1. The Balaban J connectivity index is 2.24. The third kappa shape index (κ3) is 4.07. The van der Waals surface area contributed by atoms with Crippen LogP contribution >= 0.6 is 0 Å². The van der Waals surface area contributed by atoms with E-state index < -0.39 is 0 Å². The lowest BCUT2D eigenvalue weighted by Crippen LogP contribution is -2.35. The van der Waals surface area contributed by atoms with E-state index >= 15 is 0 Å². The van der Waals surface area contributed by atoms with Crippen LogP contribution in [0.3, 0.4) is 0 Å². The molecule has 1 saturated heterocycles. The van der Waals surface area contributed by atoms with Crippen LogP contribution < -0.4 is 10.6 Å². The van der Waals surface area contributed by atoms with Gasteiger partial charge in [0.05, 0.1) is 0 Å². The van der Waals surface area contributed by atoms with E-state index in [4.69, 9.17) is 5.11 Å². The highest BCUT2D eigenvalue weighted by Gasteiger charge is 2.16. The van der Waals surface area contributed by atoms with Gasteiger partial charge in [0, 0.05) is 32.2 Å². The molecule has 1 fully saturated rings. The molecular weight excluding hydrogens is 180 g/mol. The third-order valence-corrected chi connectivity index (χ3v) is 2.55. The van der Waals surface area contributed by atoms with Gasteiger partial charge in [0.1, 0.15) is 0 Å². The van der Waals surface area contributed by atoms with Gasteiger partial charge >= 0.3 is 0 Å². The molecule has 0 bridgehead atoms. The molecule has 0 aliphatic carbocycles. The number of aliphatic hydroxyl groups excluding tert-OH is 1. The molecule has 1 amide bonds. The molecule has 0 radical (unpaired) electrons. The Morgan fingerprint density at radius 3 is 3.21 bits per heavy atom. The van der Waals surface area contributed by atoms with E-state index in [1.807, 2.05) is 6.92 Å². The lowest BCUT2D eigenvalue weighted by atomic mass is 10.1. The first-order valence-corrected chi connectivity index (χ1v) is 5.33. The average molecular weight is 200 g/mol. The number of hydrogen-bond donors (Lipinski definition) is 3. The number of aliphatic hydroxyl groups is 1. The Morgan fingerprint density at radius 1 is 1.71 bits per heavy atom. The molecule has 82 valence electrons. The fraction of sp³-hybridized carbons (Fsp3) is 0.900. The fourth-order valence-corrected chi connectivity index (χ4v) is 1.58. The number of amides is 1. The van der Waals surface area contributed by atoms with Crippen molar-refractivity contribution in [1.29, 1.82) is 0 Å². The zero-order chi connectivity index (χ0) is 10.4. The molecular formula is C10H20N2O2. The van der Waals surface area contributed by atoms with Crippen molar-refractivity contribution in [2.75, 3.05) is 19.7 Å². The van der Waals surface area contributed by atoms with Gasteiger partial charge in [-0.05, 0) is 18.8 Å². The van der Waals surface area contributed by atoms with Crippen molar-refractivity contribution in [3.8, 4) is 0 Å². The predicted octanol–water partition coefficient (Wildman–Crippen LogP) is -0.127. The maximum atomic E-state index is 11.2. The van der Waals surface area contributed by atoms with E-state index in [9.17, 15) is 4.79 Å². The summed E-state index contributed by atoms with van der Waals surface area (Å²) in [6.07, 6.45) is 2.64. The van der Waals surface area contributed by atoms with Gasteiger partial charge in [-0.2, -0.15) is 0 Å². The van der Waals surface area contributed by atoms with Gasteiger partial charge in [-0.3, -0.25) is 4.79 Å². The lowest BCUT2D eigenvalue weighted by molar-refractivity contribution is -0.121. The Kier molecular flexibility index (Phi) is 4.90. The summed E-state index contributed by atoms with van der Waals surface area (Å²) in [5.41, 5.74) is 0. The summed E-state index contributed by atoms with van der Waals surface area (Å²) in [5, 5.41) is 15.0. The Labute approximate surface area is 85.1 Å². The van der Waals surface area contributed by atoms with E-state index in [2.05, 4.69) is 10.6 Å². The number of carbonyl (C=O) groups is 1. The molecule has 1 rings (SSSR count). The van der Waals surface area contributed by atoms with Crippen LogP contribution in [-0.4, -0.2) is 36.8 Å². The average Bonchev–Trinajstić information content (AvgIpc) is 2.39. The Hall–Kier alpha value is -0.610. The van der Waals surface area contributed by atoms with E-state index in [1.165, 1.54) is 0 Å². The van der Waals surface area contributed by atoms with Crippen molar-refractivity contribution in [3.05, 3.63) is 0 Å². The predicted molar refractivity (Wildman–Crippen MR) is 54.9 cm³/mol. The summed E-state index contributed by atoms with van der Waals surface area (Å²) in [7, 11) is 0. The molecule has 0 saturated carbocycles. The molecule has 0 spiro atoms. The monoisotopic (exact) mass is 200 g/mol. The fourth-order valence-electron chi connectivity index (χ4n) is 1.58. The van der Waals surface area contributed by atoms with Gasteiger partial charge in [-0.25, -0.2) is 0 Å². The summed E-state index contributed by atoms with van der Waals surface area (Å²) in [6.45, 7) is 3.77. The van der Waals surface area contributed by atoms with E-state index in [0.29, 0.717) is 6.42 Å². The van der Waals surface area contributed by atoms with Gasteiger partial charge < -0.3 is 15.7 Å². The van der Waals surface area contributed by atoms with Crippen LogP contribution in [0.1, 0.15) is 26.2 Å². The van der Waals surface area contributed by atoms with Crippen LogP contribution in [0.2, 0.25) is 0 Å².